The Bertz CT molecular complexity index is 711. The smallest absolute Gasteiger partial charge is 0.169 e. The normalized spacial score (nSPS) is 26.8. The summed E-state index contributed by atoms with van der Waals surface area (Å²) < 4.78 is 8.12. The molecule has 126 valence electrons. The van der Waals surface area contributed by atoms with E-state index in [1.54, 1.807) is 0 Å². The van der Waals surface area contributed by atoms with Gasteiger partial charge in [-0.2, -0.15) is 0 Å². The molecule has 0 bridgehead atoms. The standard InChI is InChI=1S/C18H22N4OS/c1-21-17(16(20-18(21)24)14-7-2-3-9-19-14)15-8-4-10-22(15)12-13-6-5-11-23-13/h2-4,7-10,13,16-17H,5-6,11-12H2,1H3,(H,20,24)/t13-,16-,17-/m0/s1. The van der Waals surface area contributed by atoms with Gasteiger partial charge in [-0.25, -0.2) is 0 Å². The molecule has 2 saturated heterocycles. The highest BCUT2D eigenvalue weighted by molar-refractivity contribution is 7.80. The van der Waals surface area contributed by atoms with Crippen molar-refractivity contribution in [1.82, 2.24) is 19.8 Å². The van der Waals surface area contributed by atoms with E-state index in [1.165, 1.54) is 5.69 Å². The number of hydrogen-bond acceptors (Lipinski definition) is 3. The van der Waals surface area contributed by atoms with Crippen LogP contribution in [0.4, 0.5) is 0 Å². The van der Waals surface area contributed by atoms with Crippen molar-refractivity contribution in [2.75, 3.05) is 13.7 Å². The lowest BCUT2D eigenvalue weighted by atomic mass is 10.0. The summed E-state index contributed by atoms with van der Waals surface area (Å²) in [7, 11) is 2.05. The van der Waals surface area contributed by atoms with E-state index in [4.69, 9.17) is 17.0 Å². The molecule has 5 nitrogen and oxygen atoms in total. The predicted molar refractivity (Wildman–Crippen MR) is 96.6 cm³/mol. The topological polar surface area (TPSA) is 42.3 Å². The molecule has 2 aliphatic rings. The summed E-state index contributed by atoms with van der Waals surface area (Å²) in [6.07, 6.45) is 6.59. The minimum absolute atomic E-state index is 0.0573. The van der Waals surface area contributed by atoms with Crippen molar-refractivity contribution in [1.29, 1.82) is 0 Å². The molecule has 2 aromatic heterocycles. The van der Waals surface area contributed by atoms with Crippen molar-refractivity contribution in [3.8, 4) is 0 Å². The summed E-state index contributed by atoms with van der Waals surface area (Å²) in [5.74, 6) is 0. The zero-order valence-corrected chi connectivity index (χ0v) is 14.6. The molecule has 2 aliphatic heterocycles. The fraction of sp³-hybridized carbons (Fsp3) is 0.444. The third kappa shape index (κ3) is 2.80. The maximum Gasteiger partial charge on any atom is 0.169 e. The molecule has 4 rings (SSSR count). The Balaban J connectivity index is 1.65. The Labute approximate surface area is 147 Å². The number of likely N-dealkylation sites (N-methyl/N-ethyl adjacent to an activating group) is 1. The van der Waals surface area contributed by atoms with Crippen molar-refractivity contribution < 1.29 is 4.74 Å². The van der Waals surface area contributed by atoms with Crippen LogP contribution in [0.3, 0.4) is 0 Å². The fourth-order valence-corrected chi connectivity index (χ4v) is 3.94. The van der Waals surface area contributed by atoms with Crippen molar-refractivity contribution in [2.45, 2.75) is 37.6 Å². The van der Waals surface area contributed by atoms with E-state index in [0.717, 1.165) is 36.8 Å². The first kappa shape index (κ1) is 15.6. The third-order valence-electron chi connectivity index (χ3n) is 4.93. The van der Waals surface area contributed by atoms with Crippen molar-refractivity contribution in [2.24, 2.45) is 0 Å². The van der Waals surface area contributed by atoms with Gasteiger partial charge in [-0.05, 0) is 49.3 Å². The summed E-state index contributed by atoms with van der Waals surface area (Å²) >= 11 is 5.51. The van der Waals surface area contributed by atoms with E-state index >= 15 is 0 Å². The highest BCUT2D eigenvalue weighted by Gasteiger charge is 2.39. The van der Waals surface area contributed by atoms with Gasteiger partial charge in [0.25, 0.3) is 0 Å². The molecule has 0 amide bonds. The van der Waals surface area contributed by atoms with Crippen molar-refractivity contribution >= 4 is 17.3 Å². The third-order valence-corrected chi connectivity index (χ3v) is 5.34. The largest absolute Gasteiger partial charge is 0.376 e. The maximum absolute atomic E-state index is 5.82. The van der Waals surface area contributed by atoms with Gasteiger partial charge in [0.05, 0.1) is 23.9 Å². The van der Waals surface area contributed by atoms with Gasteiger partial charge in [0.15, 0.2) is 5.11 Å². The van der Waals surface area contributed by atoms with Crippen molar-refractivity contribution in [3.63, 3.8) is 0 Å². The Morgan fingerprint density at radius 3 is 3.00 bits per heavy atom. The molecule has 0 aliphatic carbocycles. The summed E-state index contributed by atoms with van der Waals surface area (Å²) in [4.78, 5) is 6.67. The first-order valence-corrected chi connectivity index (χ1v) is 8.86. The van der Waals surface area contributed by atoms with Crippen LogP contribution in [-0.2, 0) is 11.3 Å². The Hall–Kier alpha value is -1.92. The average molecular weight is 342 g/mol. The lowest BCUT2D eigenvalue weighted by Crippen LogP contribution is -2.27. The Morgan fingerprint density at radius 1 is 1.33 bits per heavy atom. The first-order chi connectivity index (χ1) is 11.7. The quantitative estimate of drug-likeness (QED) is 0.866. The van der Waals surface area contributed by atoms with E-state index in [0.29, 0.717) is 6.10 Å². The highest BCUT2D eigenvalue weighted by atomic mass is 32.1. The second kappa shape index (κ2) is 6.53. The van der Waals surface area contributed by atoms with Crippen LogP contribution in [0, 0.1) is 0 Å². The molecule has 1 N–H and O–H groups in total. The van der Waals surface area contributed by atoms with Crippen LogP contribution in [0.2, 0.25) is 0 Å². The lowest BCUT2D eigenvalue weighted by Gasteiger charge is -2.26. The van der Waals surface area contributed by atoms with Gasteiger partial charge in [0, 0.05) is 38.3 Å². The maximum atomic E-state index is 5.82. The number of aromatic nitrogens is 2. The van der Waals surface area contributed by atoms with E-state index in [2.05, 4.69) is 44.2 Å². The molecule has 0 spiro atoms. The van der Waals surface area contributed by atoms with Gasteiger partial charge >= 0.3 is 0 Å². The van der Waals surface area contributed by atoms with Crippen LogP contribution < -0.4 is 5.32 Å². The molecular formula is C18H22N4OS. The molecule has 4 heterocycles. The van der Waals surface area contributed by atoms with Crippen LogP contribution in [0.25, 0.3) is 0 Å². The van der Waals surface area contributed by atoms with E-state index in [1.807, 2.05) is 25.4 Å². The molecule has 2 aromatic rings. The Morgan fingerprint density at radius 2 is 2.25 bits per heavy atom. The van der Waals surface area contributed by atoms with Crippen LogP contribution >= 0.6 is 12.2 Å². The summed E-state index contributed by atoms with van der Waals surface area (Å²) in [6, 6.07) is 10.5. The second-order valence-electron chi connectivity index (χ2n) is 6.46. The molecule has 0 unspecified atom stereocenters. The zero-order valence-electron chi connectivity index (χ0n) is 13.8. The number of rotatable bonds is 4. The molecule has 24 heavy (non-hydrogen) atoms. The van der Waals surface area contributed by atoms with Gasteiger partial charge < -0.3 is 19.5 Å². The van der Waals surface area contributed by atoms with Crippen LogP contribution in [-0.4, -0.2) is 39.3 Å². The zero-order chi connectivity index (χ0) is 16.5. The number of thiocarbonyl (C=S) groups is 1. The molecule has 2 fully saturated rings. The number of nitrogens with one attached hydrogen (secondary N) is 1. The van der Waals surface area contributed by atoms with E-state index in [-0.39, 0.29) is 12.1 Å². The highest BCUT2D eigenvalue weighted by Crippen LogP contribution is 2.37. The van der Waals surface area contributed by atoms with Gasteiger partial charge in [-0.1, -0.05) is 6.07 Å². The SMILES string of the molecule is CN1C(=S)N[C@@H](c2ccccn2)[C@@H]1c1cccn1C[C@@H]1CCCO1. The minimum Gasteiger partial charge on any atom is -0.376 e. The van der Waals surface area contributed by atoms with E-state index in [9.17, 15) is 0 Å². The summed E-state index contributed by atoms with van der Waals surface area (Å²) in [5, 5.41) is 4.19. The van der Waals surface area contributed by atoms with Gasteiger partial charge in [0.1, 0.15) is 0 Å². The number of pyridine rings is 1. The van der Waals surface area contributed by atoms with Crippen LogP contribution in [0.5, 0.6) is 0 Å². The molecular weight excluding hydrogens is 320 g/mol. The number of nitrogens with zero attached hydrogens (tertiary/aromatic N) is 3. The fourth-order valence-electron chi connectivity index (χ4n) is 3.70. The molecule has 0 saturated carbocycles. The van der Waals surface area contributed by atoms with Crippen LogP contribution in [0.1, 0.15) is 36.3 Å². The molecule has 3 atom stereocenters. The molecule has 0 radical (unpaired) electrons. The van der Waals surface area contributed by atoms with Crippen molar-refractivity contribution in [3.05, 3.63) is 54.1 Å². The molecule has 6 heteroatoms. The number of hydrogen-bond donors (Lipinski definition) is 1. The van der Waals surface area contributed by atoms with E-state index < -0.39 is 0 Å². The predicted octanol–water partition coefficient (Wildman–Crippen LogP) is 2.66. The Kier molecular flexibility index (Phi) is 4.24. The summed E-state index contributed by atoms with van der Waals surface area (Å²) in [6.45, 7) is 1.78. The van der Waals surface area contributed by atoms with Gasteiger partial charge in [-0.15, -0.1) is 0 Å². The summed E-state index contributed by atoms with van der Waals surface area (Å²) in [5.41, 5.74) is 2.26. The lowest BCUT2D eigenvalue weighted by molar-refractivity contribution is 0.0955. The minimum atomic E-state index is 0.0573. The van der Waals surface area contributed by atoms with Crippen LogP contribution in [0.15, 0.2) is 42.7 Å². The first-order valence-electron chi connectivity index (χ1n) is 8.45. The second-order valence-corrected chi connectivity index (χ2v) is 6.84. The van der Waals surface area contributed by atoms with Gasteiger partial charge in [-0.3, -0.25) is 4.98 Å². The molecule has 0 aromatic carbocycles. The number of ether oxygens (including phenoxy) is 1. The monoisotopic (exact) mass is 342 g/mol. The van der Waals surface area contributed by atoms with Gasteiger partial charge in [0.2, 0.25) is 0 Å². The average Bonchev–Trinajstić information content (AvgIpc) is 3.32.